The van der Waals surface area contributed by atoms with Crippen LogP contribution in [0.3, 0.4) is 0 Å². The fourth-order valence-electron chi connectivity index (χ4n) is 8.12. The Hall–Kier alpha value is -1.70. The van der Waals surface area contributed by atoms with Crippen molar-refractivity contribution < 1.29 is 58.3 Å². The van der Waals surface area contributed by atoms with Crippen LogP contribution < -0.4 is 0 Å². The molecule has 0 aromatic heterocycles. The molecule has 1 fully saturated rings. The minimum absolute atomic E-state index is 0.0834. The predicted molar refractivity (Wildman–Crippen MR) is 272 cm³/mol. The summed E-state index contributed by atoms with van der Waals surface area (Å²) in [6.45, 7) is 4.24. The molecule has 0 amide bonds. The Balaban J connectivity index is 2.31. The topological polar surface area (TPSA) is 192 Å². The highest BCUT2D eigenvalue weighted by Crippen LogP contribution is 2.47. The summed E-state index contributed by atoms with van der Waals surface area (Å²) in [5.41, 5.74) is 0. The molecule has 6 N–H and O–H groups in total. The predicted octanol–water partition coefficient (Wildman–Crippen LogP) is 12.4. The molecule has 1 aliphatic carbocycles. The van der Waals surface area contributed by atoms with Gasteiger partial charge in [0, 0.05) is 13.0 Å². The van der Waals surface area contributed by atoms with Gasteiger partial charge in [0.2, 0.25) is 0 Å². The van der Waals surface area contributed by atoms with E-state index in [0.717, 1.165) is 70.6 Å². The molecule has 1 rings (SSSR count). The number of carbonyl (C=O) groups is 1. The molecule has 0 spiro atoms. The van der Waals surface area contributed by atoms with E-state index in [4.69, 9.17) is 18.5 Å². The van der Waals surface area contributed by atoms with Gasteiger partial charge in [0.1, 0.15) is 42.7 Å². The van der Waals surface area contributed by atoms with Gasteiger partial charge in [-0.05, 0) is 77.0 Å². The van der Waals surface area contributed by atoms with Gasteiger partial charge in [-0.3, -0.25) is 13.8 Å². The highest BCUT2D eigenvalue weighted by molar-refractivity contribution is 7.47. The van der Waals surface area contributed by atoms with Crippen molar-refractivity contribution in [3.8, 4) is 0 Å². The first-order valence-electron chi connectivity index (χ1n) is 27.0. The molecule has 1 saturated carbocycles. The van der Waals surface area contributed by atoms with Crippen LogP contribution in [0.4, 0.5) is 0 Å². The lowest BCUT2D eigenvalue weighted by Crippen LogP contribution is -2.64. The Bertz CT molecular complexity index is 1290. The SMILES string of the molecule is CCCCCC/C=C\C/C=C\CCCCCCCC(=O)OC(COCCCCCCCCCCCCCC/C=C\C/C=C\CCCCCCC)COP(=O)(O)OC1C(O)C(O)C(O)C(O)C1O. The van der Waals surface area contributed by atoms with E-state index < -0.39 is 63.1 Å². The lowest BCUT2D eigenvalue weighted by Gasteiger charge is -2.41. The molecule has 0 aliphatic heterocycles. The zero-order valence-corrected chi connectivity index (χ0v) is 43.1. The second-order valence-corrected chi connectivity index (χ2v) is 20.1. The minimum Gasteiger partial charge on any atom is -0.457 e. The Labute approximate surface area is 407 Å². The molecule has 0 radical (unpaired) electrons. The number of phosphoric ester groups is 1. The third-order valence-electron chi connectivity index (χ3n) is 12.4. The maximum atomic E-state index is 12.9. The number of aliphatic hydroxyl groups is 5. The summed E-state index contributed by atoms with van der Waals surface area (Å²) in [5, 5.41) is 50.3. The summed E-state index contributed by atoms with van der Waals surface area (Å²) >= 11 is 0. The van der Waals surface area contributed by atoms with Crippen LogP contribution in [0.15, 0.2) is 48.6 Å². The van der Waals surface area contributed by atoms with Gasteiger partial charge in [0.25, 0.3) is 0 Å². The number of carbonyl (C=O) groups excluding carboxylic acids is 1. The van der Waals surface area contributed by atoms with Crippen LogP contribution in [-0.2, 0) is 27.9 Å². The monoisotopic (exact) mass is 971 g/mol. The molecule has 0 aromatic carbocycles. The van der Waals surface area contributed by atoms with Crippen LogP contribution in [0.25, 0.3) is 0 Å². The molecular formula is C54H99O12P. The Morgan fingerprint density at radius 3 is 1.27 bits per heavy atom. The van der Waals surface area contributed by atoms with Crippen molar-refractivity contribution in [2.24, 2.45) is 0 Å². The van der Waals surface area contributed by atoms with Crippen molar-refractivity contribution >= 4 is 13.8 Å². The van der Waals surface area contributed by atoms with Crippen molar-refractivity contribution in [2.45, 2.75) is 268 Å². The van der Waals surface area contributed by atoms with Gasteiger partial charge in [0.05, 0.1) is 13.2 Å². The summed E-state index contributed by atoms with van der Waals surface area (Å²) in [5.74, 6) is -0.490. The smallest absolute Gasteiger partial charge is 0.457 e. The summed E-state index contributed by atoms with van der Waals surface area (Å²) in [4.78, 5) is 23.2. The zero-order chi connectivity index (χ0) is 49.1. The third kappa shape index (κ3) is 36.0. The number of aliphatic hydroxyl groups excluding tert-OH is 5. The second kappa shape index (κ2) is 44.3. The largest absolute Gasteiger partial charge is 0.472 e. The number of hydrogen-bond donors (Lipinski definition) is 6. The Kier molecular flexibility index (Phi) is 41.8. The fourth-order valence-corrected chi connectivity index (χ4v) is 9.10. The average molecular weight is 971 g/mol. The average Bonchev–Trinajstić information content (AvgIpc) is 3.31. The van der Waals surface area contributed by atoms with E-state index in [1.807, 2.05) is 0 Å². The van der Waals surface area contributed by atoms with Crippen molar-refractivity contribution in [1.29, 1.82) is 0 Å². The standard InChI is InChI=1S/C54H99O12P/c1-3-5-7-9-11-13-15-17-19-21-22-23-24-25-26-27-28-30-32-34-36-38-40-42-44-63-45-47(46-64-67(61,62)66-54-52(59)50(57)49(56)51(58)53(54)60)65-48(55)43-41-39-37-35-33-31-29-20-18-16-14-12-10-8-6-4-2/h14-17,20-22,29,47,49-54,56-60H,3-13,18-19,23-28,30-46H2,1-2H3,(H,61,62)/b16-14-,17-15-,22-21-,29-20-. The number of rotatable bonds is 46. The van der Waals surface area contributed by atoms with E-state index in [1.54, 1.807) is 0 Å². The van der Waals surface area contributed by atoms with Crippen LogP contribution in [0.5, 0.6) is 0 Å². The van der Waals surface area contributed by atoms with Gasteiger partial charge in [0.15, 0.2) is 0 Å². The van der Waals surface area contributed by atoms with E-state index in [-0.39, 0.29) is 13.0 Å². The van der Waals surface area contributed by atoms with Crippen molar-refractivity contribution in [2.75, 3.05) is 19.8 Å². The van der Waals surface area contributed by atoms with Gasteiger partial charge in [-0.1, -0.05) is 191 Å². The maximum Gasteiger partial charge on any atom is 0.472 e. The highest BCUT2D eigenvalue weighted by atomic mass is 31.2. The Morgan fingerprint density at radius 1 is 0.478 bits per heavy atom. The lowest BCUT2D eigenvalue weighted by molar-refractivity contribution is -0.220. The number of allylic oxidation sites excluding steroid dienone is 8. The van der Waals surface area contributed by atoms with Gasteiger partial charge >= 0.3 is 13.8 Å². The third-order valence-corrected chi connectivity index (χ3v) is 13.4. The zero-order valence-electron chi connectivity index (χ0n) is 42.2. The number of ether oxygens (including phenoxy) is 2. The van der Waals surface area contributed by atoms with Crippen LogP contribution in [-0.4, -0.2) is 98.9 Å². The van der Waals surface area contributed by atoms with Crippen molar-refractivity contribution in [3.05, 3.63) is 48.6 Å². The fraction of sp³-hybridized carbons (Fsp3) is 0.833. The van der Waals surface area contributed by atoms with Crippen LogP contribution in [0.2, 0.25) is 0 Å². The van der Waals surface area contributed by atoms with E-state index in [9.17, 15) is 39.8 Å². The number of unbranched alkanes of at least 4 members (excludes halogenated alkanes) is 26. The number of esters is 1. The molecule has 13 heteroatoms. The van der Waals surface area contributed by atoms with Gasteiger partial charge in [-0.2, -0.15) is 0 Å². The molecule has 0 aromatic rings. The first kappa shape index (κ1) is 63.3. The molecule has 6 unspecified atom stereocenters. The van der Waals surface area contributed by atoms with Crippen molar-refractivity contribution in [1.82, 2.24) is 0 Å². The van der Waals surface area contributed by atoms with E-state index in [1.165, 1.54) is 128 Å². The van der Waals surface area contributed by atoms with Crippen molar-refractivity contribution in [3.63, 3.8) is 0 Å². The molecule has 6 atom stereocenters. The molecule has 1 aliphatic rings. The quantitative estimate of drug-likeness (QED) is 0.0147. The van der Waals surface area contributed by atoms with E-state index in [0.29, 0.717) is 13.0 Å². The summed E-state index contributed by atoms with van der Waals surface area (Å²) in [6.07, 6.45) is 43.2. The molecule has 67 heavy (non-hydrogen) atoms. The summed E-state index contributed by atoms with van der Waals surface area (Å²) in [6, 6.07) is 0. The summed E-state index contributed by atoms with van der Waals surface area (Å²) in [7, 11) is -5.03. The van der Waals surface area contributed by atoms with Crippen LogP contribution >= 0.6 is 7.82 Å². The first-order chi connectivity index (χ1) is 32.5. The lowest BCUT2D eigenvalue weighted by atomic mass is 9.85. The van der Waals surface area contributed by atoms with Gasteiger partial charge in [-0.15, -0.1) is 0 Å². The van der Waals surface area contributed by atoms with Crippen LogP contribution in [0.1, 0.15) is 226 Å². The number of phosphoric acid groups is 1. The second-order valence-electron chi connectivity index (χ2n) is 18.7. The molecule has 0 heterocycles. The Morgan fingerprint density at radius 2 is 0.836 bits per heavy atom. The summed E-state index contributed by atoms with van der Waals surface area (Å²) < 4.78 is 34.3. The first-order valence-corrected chi connectivity index (χ1v) is 28.5. The molecule has 0 saturated heterocycles. The van der Waals surface area contributed by atoms with E-state index >= 15 is 0 Å². The molecular weight excluding hydrogens is 872 g/mol. The highest BCUT2D eigenvalue weighted by Gasteiger charge is 2.51. The van der Waals surface area contributed by atoms with E-state index in [2.05, 4.69) is 62.5 Å². The molecule has 392 valence electrons. The minimum atomic E-state index is -5.03. The normalized spacial score (nSPS) is 21.6. The molecule has 0 bridgehead atoms. The maximum absolute atomic E-state index is 12.9. The number of hydrogen-bond acceptors (Lipinski definition) is 11. The van der Waals surface area contributed by atoms with Gasteiger partial charge in [-0.25, -0.2) is 4.57 Å². The van der Waals surface area contributed by atoms with Gasteiger partial charge < -0.3 is 39.9 Å². The molecule has 12 nitrogen and oxygen atoms in total. The van der Waals surface area contributed by atoms with Crippen LogP contribution in [0, 0.1) is 0 Å².